The highest BCUT2D eigenvalue weighted by molar-refractivity contribution is 9.10. The summed E-state index contributed by atoms with van der Waals surface area (Å²) in [5, 5.41) is 4.36. The molecule has 0 unspecified atom stereocenters. The van der Waals surface area contributed by atoms with E-state index in [0.717, 1.165) is 10.0 Å². The van der Waals surface area contributed by atoms with Gasteiger partial charge in [0.05, 0.1) is 18.1 Å². The smallest absolute Gasteiger partial charge is 0.250 e. The van der Waals surface area contributed by atoms with Crippen LogP contribution in [0.4, 0.5) is 0 Å². The maximum atomic E-state index is 12.6. The number of hydrogen-bond acceptors (Lipinski definition) is 4. The molecule has 0 saturated carbocycles. The van der Waals surface area contributed by atoms with E-state index in [1.165, 1.54) is 4.41 Å². The lowest BCUT2D eigenvalue weighted by atomic mass is 10.0. The normalized spacial score (nSPS) is 18.3. The van der Waals surface area contributed by atoms with Gasteiger partial charge in [-0.25, -0.2) is 8.42 Å². The first kappa shape index (κ1) is 16.3. The van der Waals surface area contributed by atoms with Gasteiger partial charge in [0.1, 0.15) is 11.5 Å². The summed E-state index contributed by atoms with van der Waals surface area (Å²) in [6.07, 6.45) is 2.61. The van der Waals surface area contributed by atoms with Gasteiger partial charge in [-0.15, -0.1) is 0 Å². The van der Waals surface area contributed by atoms with Crippen LogP contribution in [0.3, 0.4) is 0 Å². The SMILES string of the molecule is CCCS(=O)(=O)N1N=C(c2ccco2)C[C@H]1c1cccc(Br)c1. The van der Waals surface area contributed by atoms with Gasteiger partial charge in [0.25, 0.3) is 0 Å². The molecule has 1 aromatic carbocycles. The lowest BCUT2D eigenvalue weighted by Gasteiger charge is -2.23. The molecule has 1 aliphatic heterocycles. The summed E-state index contributed by atoms with van der Waals surface area (Å²) in [5.74, 6) is 0.686. The summed E-state index contributed by atoms with van der Waals surface area (Å²) < 4.78 is 32.7. The molecule has 0 fully saturated rings. The predicted molar refractivity (Wildman–Crippen MR) is 92.7 cm³/mol. The van der Waals surface area contributed by atoms with Gasteiger partial charge in [0.2, 0.25) is 10.0 Å². The fourth-order valence-electron chi connectivity index (χ4n) is 2.65. The number of rotatable bonds is 5. The zero-order valence-corrected chi connectivity index (χ0v) is 15.0. The van der Waals surface area contributed by atoms with Crippen LogP contribution in [0.15, 0.2) is 56.7 Å². The Balaban J connectivity index is 2.01. The van der Waals surface area contributed by atoms with Gasteiger partial charge < -0.3 is 4.42 Å². The lowest BCUT2D eigenvalue weighted by molar-refractivity contribution is 0.371. The van der Waals surface area contributed by atoms with Crippen molar-refractivity contribution in [3.05, 3.63) is 58.5 Å². The van der Waals surface area contributed by atoms with Crippen molar-refractivity contribution >= 4 is 31.7 Å². The Hall–Kier alpha value is -1.60. The number of hydrogen-bond donors (Lipinski definition) is 0. The van der Waals surface area contributed by atoms with Crippen molar-refractivity contribution in [2.24, 2.45) is 5.10 Å². The summed E-state index contributed by atoms with van der Waals surface area (Å²) in [6.45, 7) is 1.85. The van der Waals surface area contributed by atoms with Gasteiger partial charge in [-0.1, -0.05) is 35.0 Å². The van der Waals surface area contributed by atoms with Crippen LogP contribution in [0, 0.1) is 0 Å². The van der Waals surface area contributed by atoms with Crippen molar-refractivity contribution in [2.75, 3.05) is 5.75 Å². The number of furan rings is 1. The minimum Gasteiger partial charge on any atom is -0.463 e. The van der Waals surface area contributed by atoms with Gasteiger partial charge in [-0.05, 0) is 36.2 Å². The standard InChI is InChI=1S/C16H17BrN2O3S/c1-2-9-23(20,21)19-15(12-5-3-6-13(17)10-12)11-14(18-19)16-7-4-8-22-16/h3-8,10,15H,2,9,11H2,1H3/t15-/m0/s1. The Morgan fingerprint density at radius 1 is 1.35 bits per heavy atom. The number of halogens is 1. The molecular weight excluding hydrogens is 380 g/mol. The predicted octanol–water partition coefficient (Wildman–Crippen LogP) is 3.93. The highest BCUT2D eigenvalue weighted by atomic mass is 79.9. The molecule has 1 aromatic heterocycles. The molecule has 0 aliphatic carbocycles. The maximum absolute atomic E-state index is 12.6. The maximum Gasteiger partial charge on any atom is 0.250 e. The van der Waals surface area contributed by atoms with Crippen LogP contribution in [-0.4, -0.2) is 24.3 Å². The summed E-state index contributed by atoms with van der Waals surface area (Å²) >= 11 is 3.44. The van der Waals surface area contributed by atoms with E-state index < -0.39 is 10.0 Å². The average molecular weight is 397 g/mol. The van der Waals surface area contributed by atoms with Gasteiger partial charge in [-0.2, -0.15) is 9.52 Å². The fourth-order valence-corrected chi connectivity index (χ4v) is 4.58. The summed E-state index contributed by atoms with van der Waals surface area (Å²) in [4.78, 5) is 0. The minimum absolute atomic E-state index is 0.0758. The first-order valence-electron chi connectivity index (χ1n) is 7.40. The molecule has 5 nitrogen and oxygen atoms in total. The van der Waals surface area contributed by atoms with Gasteiger partial charge in [0.15, 0.2) is 0 Å². The van der Waals surface area contributed by atoms with Crippen molar-refractivity contribution in [3.8, 4) is 0 Å². The van der Waals surface area contributed by atoms with Crippen molar-refractivity contribution in [2.45, 2.75) is 25.8 Å². The van der Waals surface area contributed by atoms with Crippen molar-refractivity contribution in [1.29, 1.82) is 0 Å². The van der Waals surface area contributed by atoms with Crippen LogP contribution < -0.4 is 0 Å². The van der Waals surface area contributed by atoms with E-state index in [9.17, 15) is 8.42 Å². The molecule has 0 amide bonds. The van der Waals surface area contributed by atoms with Gasteiger partial charge >= 0.3 is 0 Å². The molecule has 1 aliphatic rings. The Kier molecular flexibility index (Phi) is 4.59. The largest absolute Gasteiger partial charge is 0.463 e. The topological polar surface area (TPSA) is 62.9 Å². The second kappa shape index (κ2) is 6.49. The molecule has 122 valence electrons. The Labute approximate surface area is 144 Å². The average Bonchev–Trinajstić information content (AvgIpc) is 3.17. The monoisotopic (exact) mass is 396 g/mol. The van der Waals surface area contributed by atoms with E-state index in [4.69, 9.17) is 4.42 Å². The number of benzene rings is 1. The lowest BCUT2D eigenvalue weighted by Crippen LogP contribution is -2.29. The van der Waals surface area contributed by atoms with Crippen LogP contribution in [0.1, 0.15) is 37.1 Å². The number of hydrazone groups is 1. The number of nitrogens with zero attached hydrogens (tertiary/aromatic N) is 2. The zero-order valence-electron chi connectivity index (χ0n) is 12.6. The molecule has 2 heterocycles. The third kappa shape index (κ3) is 3.35. The molecular formula is C16H17BrN2O3S. The van der Waals surface area contributed by atoms with Crippen LogP contribution >= 0.6 is 15.9 Å². The van der Waals surface area contributed by atoms with Crippen LogP contribution in [0.25, 0.3) is 0 Å². The molecule has 23 heavy (non-hydrogen) atoms. The molecule has 0 N–H and O–H groups in total. The molecule has 2 aromatic rings. The molecule has 0 saturated heterocycles. The number of sulfonamides is 1. The molecule has 0 spiro atoms. The second-order valence-corrected chi connectivity index (χ2v) is 8.25. The van der Waals surface area contributed by atoms with Crippen molar-refractivity contribution < 1.29 is 12.8 Å². The van der Waals surface area contributed by atoms with E-state index >= 15 is 0 Å². The highest BCUT2D eigenvalue weighted by Crippen LogP contribution is 2.36. The minimum atomic E-state index is -3.46. The quantitative estimate of drug-likeness (QED) is 0.768. The third-order valence-corrected chi connectivity index (χ3v) is 5.98. The van der Waals surface area contributed by atoms with E-state index in [2.05, 4.69) is 21.0 Å². The molecule has 1 atom stereocenters. The molecule has 0 bridgehead atoms. The zero-order chi connectivity index (χ0) is 16.4. The van der Waals surface area contributed by atoms with Crippen LogP contribution in [-0.2, 0) is 10.0 Å². The van der Waals surface area contributed by atoms with E-state index in [1.54, 1.807) is 18.4 Å². The summed E-state index contributed by atoms with van der Waals surface area (Å²) in [5.41, 5.74) is 1.56. The van der Waals surface area contributed by atoms with E-state index in [0.29, 0.717) is 24.3 Å². The Bertz CT molecular complexity index is 816. The second-order valence-electron chi connectivity index (χ2n) is 5.39. The van der Waals surface area contributed by atoms with Crippen LogP contribution in [0.5, 0.6) is 0 Å². The summed E-state index contributed by atoms with van der Waals surface area (Å²) in [7, 11) is -3.46. The third-order valence-electron chi connectivity index (χ3n) is 3.66. The summed E-state index contributed by atoms with van der Waals surface area (Å²) in [6, 6.07) is 10.9. The molecule has 0 radical (unpaired) electrons. The van der Waals surface area contributed by atoms with Crippen LogP contribution in [0.2, 0.25) is 0 Å². The van der Waals surface area contributed by atoms with E-state index in [1.807, 2.05) is 31.2 Å². The highest BCUT2D eigenvalue weighted by Gasteiger charge is 2.37. The fraction of sp³-hybridized carbons (Fsp3) is 0.312. The van der Waals surface area contributed by atoms with Crippen molar-refractivity contribution in [1.82, 2.24) is 4.41 Å². The first-order valence-corrected chi connectivity index (χ1v) is 9.80. The van der Waals surface area contributed by atoms with Gasteiger partial charge in [0, 0.05) is 10.9 Å². The molecule has 7 heteroatoms. The van der Waals surface area contributed by atoms with Gasteiger partial charge in [-0.3, -0.25) is 0 Å². The Morgan fingerprint density at radius 2 is 2.17 bits per heavy atom. The first-order chi connectivity index (χ1) is 11.0. The van der Waals surface area contributed by atoms with Crippen molar-refractivity contribution in [3.63, 3.8) is 0 Å². The Morgan fingerprint density at radius 3 is 2.83 bits per heavy atom. The molecule has 3 rings (SSSR count). The van der Waals surface area contributed by atoms with E-state index in [-0.39, 0.29) is 11.8 Å².